The summed E-state index contributed by atoms with van der Waals surface area (Å²) in [5.41, 5.74) is 5.78. The van der Waals surface area contributed by atoms with Gasteiger partial charge in [-0.3, -0.25) is 4.79 Å². The van der Waals surface area contributed by atoms with E-state index in [4.69, 9.17) is 5.73 Å². The van der Waals surface area contributed by atoms with Crippen LogP contribution >= 0.6 is 0 Å². The average molecular weight is 238 g/mol. The predicted octanol–water partition coefficient (Wildman–Crippen LogP) is 2.30. The van der Waals surface area contributed by atoms with Gasteiger partial charge in [-0.15, -0.1) is 0 Å². The second-order valence-electron chi connectivity index (χ2n) is 5.86. The van der Waals surface area contributed by atoms with Crippen molar-refractivity contribution < 1.29 is 4.79 Å². The van der Waals surface area contributed by atoms with Crippen molar-refractivity contribution >= 4 is 5.91 Å². The Morgan fingerprint density at radius 2 is 1.82 bits per heavy atom. The molecule has 1 amide bonds. The number of nitrogens with zero attached hydrogens (tertiary/aromatic N) is 1. The summed E-state index contributed by atoms with van der Waals surface area (Å²) in [5.74, 6) is 1.05. The van der Waals surface area contributed by atoms with Gasteiger partial charge in [-0.25, -0.2) is 0 Å². The third-order valence-electron chi connectivity index (χ3n) is 4.65. The minimum atomic E-state index is -0.530. The van der Waals surface area contributed by atoms with Gasteiger partial charge in [0.2, 0.25) is 5.91 Å². The number of likely N-dealkylation sites (tertiary alicyclic amines) is 1. The van der Waals surface area contributed by atoms with Crippen molar-refractivity contribution in [3.63, 3.8) is 0 Å². The molecular formula is C14H26N2O. The van der Waals surface area contributed by atoms with E-state index in [2.05, 4.69) is 6.92 Å². The van der Waals surface area contributed by atoms with Crippen LogP contribution in [0.4, 0.5) is 0 Å². The van der Waals surface area contributed by atoms with Crippen molar-refractivity contribution in [3.05, 3.63) is 0 Å². The Morgan fingerprint density at radius 1 is 1.24 bits per heavy atom. The molecule has 2 rings (SSSR count). The molecule has 0 spiro atoms. The molecule has 0 unspecified atom stereocenters. The molecular weight excluding hydrogens is 212 g/mol. The van der Waals surface area contributed by atoms with Gasteiger partial charge in [0.05, 0.1) is 5.54 Å². The van der Waals surface area contributed by atoms with Gasteiger partial charge in [0.15, 0.2) is 0 Å². The lowest BCUT2D eigenvalue weighted by molar-refractivity contribution is -0.139. The highest BCUT2D eigenvalue weighted by Crippen LogP contribution is 2.29. The molecule has 0 aromatic carbocycles. The molecule has 17 heavy (non-hydrogen) atoms. The normalized spacial score (nSPS) is 25.9. The smallest absolute Gasteiger partial charge is 0.242 e. The number of piperidine rings is 1. The maximum absolute atomic E-state index is 12.5. The second kappa shape index (κ2) is 5.38. The Bertz CT molecular complexity index is 263. The van der Waals surface area contributed by atoms with Crippen molar-refractivity contribution in [2.75, 3.05) is 13.1 Å². The van der Waals surface area contributed by atoms with Gasteiger partial charge >= 0.3 is 0 Å². The molecule has 2 fully saturated rings. The van der Waals surface area contributed by atoms with E-state index in [0.29, 0.717) is 0 Å². The van der Waals surface area contributed by atoms with Crippen LogP contribution in [-0.4, -0.2) is 29.4 Å². The number of nitrogens with two attached hydrogens (primary N) is 1. The molecule has 2 N–H and O–H groups in total. The Kier molecular flexibility index (Phi) is 4.08. The van der Waals surface area contributed by atoms with Crippen LogP contribution in [0.5, 0.6) is 0 Å². The SMILES string of the molecule is CCC1CCN(C(=O)C2(N)CCCCC2)CC1. The fourth-order valence-corrected chi connectivity index (χ4v) is 3.26. The van der Waals surface area contributed by atoms with Crippen LogP contribution < -0.4 is 5.73 Å². The highest BCUT2D eigenvalue weighted by atomic mass is 16.2. The molecule has 2 aliphatic rings. The lowest BCUT2D eigenvalue weighted by Crippen LogP contribution is -2.57. The summed E-state index contributed by atoms with van der Waals surface area (Å²) in [5, 5.41) is 0. The fraction of sp³-hybridized carbons (Fsp3) is 0.929. The van der Waals surface area contributed by atoms with Crippen molar-refractivity contribution in [1.29, 1.82) is 0 Å². The molecule has 1 saturated heterocycles. The van der Waals surface area contributed by atoms with Gasteiger partial charge in [-0.2, -0.15) is 0 Å². The van der Waals surface area contributed by atoms with E-state index in [1.54, 1.807) is 0 Å². The molecule has 1 saturated carbocycles. The standard InChI is InChI=1S/C14H26N2O/c1-2-12-6-10-16(11-7-12)13(17)14(15)8-4-3-5-9-14/h12H,2-11,15H2,1H3. The highest BCUT2D eigenvalue weighted by molar-refractivity contribution is 5.86. The van der Waals surface area contributed by atoms with E-state index in [-0.39, 0.29) is 5.91 Å². The first-order chi connectivity index (χ1) is 8.15. The van der Waals surface area contributed by atoms with E-state index in [1.165, 1.54) is 25.7 Å². The van der Waals surface area contributed by atoms with Crippen molar-refractivity contribution in [3.8, 4) is 0 Å². The molecule has 1 aliphatic carbocycles. The van der Waals surface area contributed by atoms with Crippen LogP contribution in [0.1, 0.15) is 58.3 Å². The average Bonchev–Trinajstić information content (AvgIpc) is 2.39. The number of rotatable bonds is 2. The Hall–Kier alpha value is -0.570. The summed E-state index contributed by atoms with van der Waals surface area (Å²) in [6.45, 7) is 4.10. The first-order valence-corrected chi connectivity index (χ1v) is 7.24. The molecule has 1 aliphatic heterocycles. The quantitative estimate of drug-likeness (QED) is 0.802. The number of carbonyl (C=O) groups excluding carboxylic acids is 1. The highest BCUT2D eigenvalue weighted by Gasteiger charge is 2.39. The summed E-state index contributed by atoms with van der Waals surface area (Å²) in [7, 11) is 0. The van der Waals surface area contributed by atoms with Gasteiger partial charge < -0.3 is 10.6 Å². The van der Waals surface area contributed by atoms with Gasteiger partial charge in [0.1, 0.15) is 0 Å². The Morgan fingerprint density at radius 3 is 2.35 bits per heavy atom. The summed E-state index contributed by atoms with van der Waals surface area (Å²) in [4.78, 5) is 14.5. The molecule has 0 radical (unpaired) electrons. The zero-order valence-electron chi connectivity index (χ0n) is 11.1. The number of carbonyl (C=O) groups is 1. The van der Waals surface area contributed by atoms with Crippen LogP contribution in [0.25, 0.3) is 0 Å². The number of amides is 1. The third kappa shape index (κ3) is 2.82. The summed E-state index contributed by atoms with van der Waals surface area (Å²) in [6.07, 6.45) is 8.83. The van der Waals surface area contributed by atoms with E-state index in [0.717, 1.165) is 44.7 Å². The van der Waals surface area contributed by atoms with Crippen LogP contribution in [-0.2, 0) is 4.79 Å². The first kappa shape index (κ1) is 12.9. The molecule has 3 heteroatoms. The second-order valence-corrected chi connectivity index (χ2v) is 5.86. The summed E-state index contributed by atoms with van der Waals surface area (Å²) in [6, 6.07) is 0. The minimum absolute atomic E-state index is 0.228. The predicted molar refractivity (Wildman–Crippen MR) is 69.6 cm³/mol. The number of hydrogen-bond acceptors (Lipinski definition) is 2. The lowest BCUT2D eigenvalue weighted by atomic mass is 9.81. The van der Waals surface area contributed by atoms with Crippen molar-refractivity contribution in [1.82, 2.24) is 4.90 Å². The van der Waals surface area contributed by atoms with Gasteiger partial charge in [-0.05, 0) is 31.6 Å². The lowest BCUT2D eigenvalue weighted by Gasteiger charge is -2.39. The Balaban J connectivity index is 1.91. The maximum Gasteiger partial charge on any atom is 0.242 e. The van der Waals surface area contributed by atoms with Gasteiger partial charge in [-0.1, -0.05) is 32.6 Å². The van der Waals surface area contributed by atoms with Gasteiger partial charge in [0.25, 0.3) is 0 Å². The fourth-order valence-electron chi connectivity index (χ4n) is 3.26. The molecule has 0 bridgehead atoms. The largest absolute Gasteiger partial charge is 0.341 e. The topological polar surface area (TPSA) is 46.3 Å². The zero-order valence-corrected chi connectivity index (χ0v) is 11.1. The summed E-state index contributed by atoms with van der Waals surface area (Å²) < 4.78 is 0. The van der Waals surface area contributed by atoms with Crippen LogP contribution in [0.2, 0.25) is 0 Å². The molecule has 1 heterocycles. The van der Waals surface area contributed by atoms with Gasteiger partial charge in [0, 0.05) is 13.1 Å². The van der Waals surface area contributed by atoms with E-state index >= 15 is 0 Å². The van der Waals surface area contributed by atoms with E-state index in [1.807, 2.05) is 4.90 Å². The molecule has 3 nitrogen and oxygen atoms in total. The molecule has 0 aromatic rings. The molecule has 98 valence electrons. The molecule has 0 aromatic heterocycles. The van der Waals surface area contributed by atoms with Crippen molar-refractivity contribution in [2.45, 2.75) is 63.8 Å². The van der Waals surface area contributed by atoms with Crippen LogP contribution in [0, 0.1) is 5.92 Å². The number of hydrogen-bond donors (Lipinski definition) is 1. The monoisotopic (exact) mass is 238 g/mol. The van der Waals surface area contributed by atoms with Crippen molar-refractivity contribution in [2.24, 2.45) is 11.7 Å². The third-order valence-corrected chi connectivity index (χ3v) is 4.65. The van der Waals surface area contributed by atoms with E-state index < -0.39 is 5.54 Å². The van der Waals surface area contributed by atoms with Crippen LogP contribution in [0.3, 0.4) is 0 Å². The maximum atomic E-state index is 12.5. The Labute approximate surface area is 105 Å². The molecule has 0 atom stereocenters. The summed E-state index contributed by atoms with van der Waals surface area (Å²) >= 11 is 0. The van der Waals surface area contributed by atoms with E-state index in [9.17, 15) is 4.79 Å². The first-order valence-electron chi connectivity index (χ1n) is 7.24. The minimum Gasteiger partial charge on any atom is -0.341 e. The zero-order chi connectivity index (χ0) is 12.3. The van der Waals surface area contributed by atoms with Crippen LogP contribution in [0.15, 0.2) is 0 Å².